The van der Waals surface area contributed by atoms with Gasteiger partial charge >= 0.3 is 0 Å². The molecule has 1 amide bonds. The van der Waals surface area contributed by atoms with Gasteiger partial charge in [0.15, 0.2) is 0 Å². The summed E-state index contributed by atoms with van der Waals surface area (Å²) >= 11 is 5.95. The van der Waals surface area contributed by atoms with Gasteiger partial charge in [-0.2, -0.15) is 0 Å². The zero-order chi connectivity index (χ0) is 14.8. The molecule has 0 aromatic heterocycles. The van der Waals surface area contributed by atoms with Crippen molar-refractivity contribution in [1.82, 2.24) is 0 Å². The second-order valence-electron chi connectivity index (χ2n) is 4.89. The number of hydrogen-bond donors (Lipinski definition) is 1. The van der Waals surface area contributed by atoms with E-state index in [0.717, 1.165) is 17.7 Å². The quantitative estimate of drug-likeness (QED) is 0.932. The Morgan fingerprint density at radius 2 is 2.05 bits per heavy atom. The SMILES string of the molecule is O=C1CCc2ccc(OCc3ccc(F)cc3Cl)cc2N1. The molecular weight excluding hydrogens is 293 g/mol. The van der Waals surface area contributed by atoms with Gasteiger partial charge in [0.1, 0.15) is 18.2 Å². The number of rotatable bonds is 3. The van der Waals surface area contributed by atoms with Crippen molar-refractivity contribution < 1.29 is 13.9 Å². The normalized spacial score (nSPS) is 13.5. The van der Waals surface area contributed by atoms with Crippen molar-refractivity contribution in [2.45, 2.75) is 19.4 Å². The minimum absolute atomic E-state index is 0.0150. The lowest BCUT2D eigenvalue weighted by atomic mass is 10.0. The van der Waals surface area contributed by atoms with E-state index in [1.807, 2.05) is 12.1 Å². The van der Waals surface area contributed by atoms with Gasteiger partial charge < -0.3 is 10.1 Å². The molecule has 0 aliphatic carbocycles. The van der Waals surface area contributed by atoms with E-state index in [0.29, 0.717) is 22.8 Å². The Labute approximate surface area is 126 Å². The number of nitrogens with one attached hydrogen (secondary N) is 1. The smallest absolute Gasteiger partial charge is 0.224 e. The molecule has 0 bridgehead atoms. The average Bonchev–Trinajstić information content (AvgIpc) is 2.46. The first-order valence-electron chi connectivity index (χ1n) is 6.61. The summed E-state index contributed by atoms with van der Waals surface area (Å²) in [7, 11) is 0. The van der Waals surface area contributed by atoms with Crippen molar-refractivity contribution in [3.8, 4) is 5.75 Å². The third kappa shape index (κ3) is 3.16. The summed E-state index contributed by atoms with van der Waals surface area (Å²) in [4.78, 5) is 11.4. The molecule has 0 radical (unpaired) electrons. The predicted molar refractivity (Wildman–Crippen MR) is 79.1 cm³/mol. The van der Waals surface area contributed by atoms with E-state index < -0.39 is 0 Å². The Hall–Kier alpha value is -2.07. The largest absolute Gasteiger partial charge is 0.489 e. The monoisotopic (exact) mass is 305 g/mol. The van der Waals surface area contributed by atoms with Crippen molar-refractivity contribution in [2.24, 2.45) is 0 Å². The minimum atomic E-state index is -0.375. The number of benzene rings is 2. The molecule has 0 spiro atoms. The molecule has 3 rings (SSSR count). The molecule has 108 valence electrons. The summed E-state index contributed by atoms with van der Waals surface area (Å²) < 4.78 is 18.6. The van der Waals surface area contributed by atoms with Crippen LogP contribution < -0.4 is 10.1 Å². The van der Waals surface area contributed by atoms with Gasteiger partial charge in [0.2, 0.25) is 5.91 Å². The van der Waals surface area contributed by atoms with Crippen molar-refractivity contribution in [2.75, 3.05) is 5.32 Å². The van der Waals surface area contributed by atoms with E-state index in [9.17, 15) is 9.18 Å². The fraction of sp³-hybridized carbons (Fsp3) is 0.188. The number of aryl methyl sites for hydroxylation is 1. The van der Waals surface area contributed by atoms with E-state index in [1.165, 1.54) is 12.1 Å². The van der Waals surface area contributed by atoms with E-state index >= 15 is 0 Å². The molecule has 5 heteroatoms. The maximum Gasteiger partial charge on any atom is 0.224 e. The molecule has 0 fully saturated rings. The van der Waals surface area contributed by atoms with Crippen molar-refractivity contribution >= 4 is 23.2 Å². The van der Waals surface area contributed by atoms with Gasteiger partial charge in [-0.15, -0.1) is 0 Å². The van der Waals surface area contributed by atoms with Gasteiger partial charge in [0.05, 0.1) is 5.02 Å². The van der Waals surface area contributed by atoms with E-state index in [2.05, 4.69) is 5.32 Å². The minimum Gasteiger partial charge on any atom is -0.489 e. The Bertz CT molecular complexity index is 703. The lowest BCUT2D eigenvalue weighted by Gasteiger charge is -2.18. The number of fused-ring (bicyclic) bond motifs is 1. The summed E-state index contributed by atoms with van der Waals surface area (Å²) in [6.45, 7) is 0.242. The molecule has 21 heavy (non-hydrogen) atoms. The van der Waals surface area contributed by atoms with Crippen LogP contribution in [0.4, 0.5) is 10.1 Å². The number of halogens is 2. The zero-order valence-corrected chi connectivity index (χ0v) is 11.9. The molecule has 3 nitrogen and oxygen atoms in total. The topological polar surface area (TPSA) is 38.3 Å². The number of anilines is 1. The molecule has 2 aromatic carbocycles. The molecule has 1 heterocycles. The van der Waals surface area contributed by atoms with Gasteiger partial charge in [0, 0.05) is 23.7 Å². The molecule has 0 unspecified atom stereocenters. The Morgan fingerprint density at radius 3 is 2.86 bits per heavy atom. The molecular formula is C16H13ClFNO2. The van der Waals surface area contributed by atoms with Crippen molar-refractivity contribution in [3.05, 3.63) is 58.4 Å². The lowest BCUT2D eigenvalue weighted by Crippen LogP contribution is -2.18. The Balaban J connectivity index is 1.73. The van der Waals surface area contributed by atoms with Gasteiger partial charge in [-0.3, -0.25) is 4.79 Å². The molecule has 2 aromatic rings. The average molecular weight is 306 g/mol. The fourth-order valence-electron chi connectivity index (χ4n) is 2.24. The Morgan fingerprint density at radius 1 is 1.19 bits per heavy atom. The number of carbonyl (C=O) groups is 1. The highest BCUT2D eigenvalue weighted by molar-refractivity contribution is 6.31. The highest BCUT2D eigenvalue weighted by atomic mass is 35.5. The summed E-state index contributed by atoms with van der Waals surface area (Å²) in [5.74, 6) is 0.276. The first-order chi connectivity index (χ1) is 10.1. The third-order valence-electron chi connectivity index (χ3n) is 3.39. The lowest BCUT2D eigenvalue weighted by molar-refractivity contribution is -0.116. The standard InChI is InChI=1S/C16H13ClFNO2/c17-14-7-12(18)4-1-11(14)9-21-13-5-2-10-3-6-16(20)19-15(10)8-13/h1-2,4-5,7-8H,3,6,9H2,(H,19,20). The third-order valence-corrected chi connectivity index (χ3v) is 3.74. The fourth-order valence-corrected chi connectivity index (χ4v) is 2.46. The highest BCUT2D eigenvalue weighted by Gasteiger charge is 2.15. The highest BCUT2D eigenvalue weighted by Crippen LogP contribution is 2.28. The van der Waals surface area contributed by atoms with Crippen LogP contribution in [0.5, 0.6) is 5.75 Å². The van der Waals surface area contributed by atoms with E-state index in [1.54, 1.807) is 12.1 Å². The zero-order valence-electron chi connectivity index (χ0n) is 11.2. The van der Waals surface area contributed by atoms with Crippen LogP contribution in [0.3, 0.4) is 0 Å². The van der Waals surface area contributed by atoms with E-state index in [4.69, 9.17) is 16.3 Å². The number of amides is 1. The second-order valence-corrected chi connectivity index (χ2v) is 5.30. The molecule has 0 saturated carbocycles. The van der Waals surface area contributed by atoms with Crippen LogP contribution in [0.15, 0.2) is 36.4 Å². The van der Waals surface area contributed by atoms with Crippen LogP contribution in [0.2, 0.25) is 5.02 Å². The summed E-state index contributed by atoms with van der Waals surface area (Å²) in [5, 5.41) is 3.16. The van der Waals surface area contributed by atoms with Crippen LogP contribution in [0.25, 0.3) is 0 Å². The van der Waals surface area contributed by atoms with Crippen LogP contribution in [0, 0.1) is 5.82 Å². The number of hydrogen-bond acceptors (Lipinski definition) is 2. The summed E-state index contributed by atoms with van der Waals surface area (Å²) in [5.41, 5.74) is 2.59. The summed E-state index contributed by atoms with van der Waals surface area (Å²) in [6.07, 6.45) is 1.25. The van der Waals surface area contributed by atoms with Crippen LogP contribution >= 0.6 is 11.6 Å². The van der Waals surface area contributed by atoms with Gasteiger partial charge in [0.25, 0.3) is 0 Å². The first kappa shape index (κ1) is 13.9. The van der Waals surface area contributed by atoms with Crippen molar-refractivity contribution in [1.29, 1.82) is 0 Å². The maximum atomic E-state index is 13.0. The second kappa shape index (κ2) is 5.74. The first-order valence-corrected chi connectivity index (χ1v) is 6.99. The summed E-state index contributed by atoms with van der Waals surface area (Å²) in [6, 6.07) is 9.79. The van der Waals surface area contributed by atoms with Gasteiger partial charge in [-0.1, -0.05) is 23.7 Å². The van der Waals surface area contributed by atoms with Crippen LogP contribution in [-0.2, 0) is 17.8 Å². The molecule has 0 atom stereocenters. The van der Waals surface area contributed by atoms with Crippen LogP contribution in [0.1, 0.15) is 17.5 Å². The number of ether oxygens (including phenoxy) is 1. The molecule has 1 N–H and O–H groups in total. The van der Waals surface area contributed by atoms with E-state index in [-0.39, 0.29) is 18.3 Å². The predicted octanol–water partition coefficient (Wildman–Crippen LogP) is 3.94. The van der Waals surface area contributed by atoms with Crippen molar-refractivity contribution in [3.63, 3.8) is 0 Å². The van der Waals surface area contributed by atoms with Gasteiger partial charge in [-0.05, 0) is 30.2 Å². The number of carbonyl (C=O) groups excluding carboxylic acids is 1. The molecule has 1 aliphatic rings. The molecule has 0 saturated heterocycles. The molecule has 1 aliphatic heterocycles. The van der Waals surface area contributed by atoms with Crippen LogP contribution in [-0.4, -0.2) is 5.91 Å². The Kier molecular flexibility index (Phi) is 3.80. The van der Waals surface area contributed by atoms with Gasteiger partial charge in [-0.25, -0.2) is 4.39 Å². The maximum absolute atomic E-state index is 13.0.